The fourth-order valence-electron chi connectivity index (χ4n) is 3.30. The molecule has 1 aliphatic carbocycles. The quantitative estimate of drug-likeness (QED) is 0.720. The molecule has 0 atom stereocenters. The Kier molecular flexibility index (Phi) is 5.05. The predicted octanol–water partition coefficient (Wildman–Crippen LogP) is 1.23. The minimum Gasteiger partial charge on any atom is -0.396 e. The molecule has 1 saturated carbocycles. The van der Waals surface area contributed by atoms with Crippen LogP contribution in [0.25, 0.3) is 0 Å². The monoisotopic (exact) mass is 250 g/mol. The molecule has 0 unspecified atom stereocenters. The Hall–Kier alpha value is -0.560. The van der Waals surface area contributed by atoms with Crippen molar-refractivity contribution in [2.75, 3.05) is 32.8 Å². The maximum Gasteiger partial charge on any atom is 0.0598 e. The molecule has 0 radical (unpaired) electrons. The summed E-state index contributed by atoms with van der Waals surface area (Å²) >= 11 is 0. The average Bonchev–Trinajstić information content (AvgIpc) is 2.88. The van der Waals surface area contributed by atoms with Crippen LogP contribution in [0, 0.1) is 17.8 Å². The Morgan fingerprint density at radius 2 is 1.94 bits per heavy atom. The largest absolute Gasteiger partial charge is 0.396 e. The third-order valence-corrected chi connectivity index (χ3v) is 4.67. The fraction of sp³-hybridized carbons (Fsp3) is 0.867. The second kappa shape index (κ2) is 6.56. The Morgan fingerprint density at radius 3 is 2.50 bits per heavy atom. The zero-order chi connectivity index (χ0) is 12.8. The first-order valence-electron chi connectivity index (χ1n) is 7.28. The van der Waals surface area contributed by atoms with Crippen molar-refractivity contribution >= 4 is 0 Å². The lowest BCUT2D eigenvalue weighted by Crippen LogP contribution is -2.46. The summed E-state index contributed by atoms with van der Waals surface area (Å²) in [5.74, 6) is 2.72. The summed E-state index contributed by atoms with van der Waals surface area (Å²) in [5, 5.41) is 13.3. The molecule has 3 nitrogen and oxygen atoms in total. The van der Waals surface area contributed by atoms with E-state index in [1.807, 2.05) is 0 Å². The van der Waals surface area contributed by atoms with Crippen molar-refractivity contribution in [1.82, 2.24) is 10.2 Å². The summed E-state index contributed by atoms with van der Waals surface area (Å²) < 4.78 is 0. The van der Waals surface area contributed by atoms with Gasteiger partial charge in [0, 0.05) is 37.7 Å². The molecule has 0 aromatic heterocycles. The predicted molar refractivity (Wildman–Crippen MR) is 74.3 cm³/mol. The van der Waals surface area contributed by atoms with Gasteiger partial charge in [-0.1, -0.05) is 18.8 Å². The third kappa shape index (κ3) is 3.47. The van der Waals surface area contributed by atoms with Crippen LogP contribution in [-0.4, -0.2) is 48.8 Å². The van der Waals surface area contributed by atoms with Gasteiger partial charge in [-0.2, -0.15) is 0 Å². The number of nitrogens with one attached hydrogen (secondary N) is 1. The van der Waals surface area contributed by atoms with Gasteiger partial charge in [-0.3, -0.25) is 4.90 Å². The zero-order valence-electron chi connectivity index (χ0n) is 11.3. The van der Waals surface area contributed by atoms with E-state index in [0.717, 1.165) is 26.2 Å². The number of terminal acetylenes is 1. The second-order valence-corrected chi connectivity index (χ2v) is 6.00. The number of aliphatic hydroxyl groups is 1. The molecule has 2 aliphatic rings. The summed E-state index contributed by atoms with van der Waals surface area (Å²) in [5.41, 5.74) is 0.177. The standard InChI is InChI=1S/C15H26N2O/c1-2-9-17-10-5-14(6-11-17)16-12-15(13-18)7-3-4-8-15/h1,14,16,18H,3-13H2. The zero-order valence-corrected chi connectivity index (χ0v) is 11.3. The van der Waals surface area contributed by atoms with E-state index in [1.54, 1.807) is 0 Å². The molecule has 2 rings (SSSR count). The molecule has 1 aliphatic heterocycles. The van der Waals surface area contributed by atoms with Crippen LogP contribution in [0.2, 0.25) is 0 Å². The SMILES string of the molecule is C#CCN1CCC(NCC2(CO)CCCC2)CC1. The number of nitrogens with zero attached hydrogens (tertiary/aromatic N) is 1. The van der Waals surface area contributed by atoms with E-state index in [9.17, 15) is 5.11 Å². The van der Waals surface area contributed by atoms with Gasteiger partial charge in [0.15, 0.2) is 0 Å². The van der Waals surface area contributed by atoms with Crippen LogP contribution in [0.4, 0.5) is 0 Å². The van der Waals surface area contributed by atoms with Crippen LogP contribution >= 0.6 is 0 Å². The van der Waals surface area contributed by atoms with E-state index in [1.165, 1.54) is 38.5 Å². The fourth-order valence-corrected chi connectivity index (χ4v) is 3.30. The Bertz CT molecular complexity index is 283. The normalized spacial score (nSPS) is 25.1. The average molecular weight is 250 g/mol. The first kappa shape index (κ1) is 13.9. The van der Waals surface area contributed by atoms with Gasteiger partial charge in [-0.25, -0.2) is 0 Å². The smallest absolute Gasteiger partial charge is 0.0598 e. The first-order valence-corrected chi connectivity index (χ1v) is 7.28. The van der Waals surface area contributed by atoms with Crippen molar-refractivity contribution < 1.29 is 5.11 Å². The lowest BCUT2D eigenvalue weighted by molar-refractivity contribution is 0.117. The molecule has 0 bridgehead atoms. The van der Waals surface area contributed by atoms with Gasteiger partial charge in [0.05, 0.1) is 6.54 Å². The molecule has 102 valence electrons. The van der Waals surface area contributed by atoms with Crippen LogP contribution < -0.4 is 5.32 Å². The van der Waals surface area contributed by atoms with Crippen molar-refractivity contribution in [3.8, 4) is 12.3 Å². The topological polar surface area (TPSA) is 35.5 Å². The summed E-state index contributed by atoms with van der Waals surface area (Å²) in [6.45, 7) is 4.33. The van der Waals surface area contributed by atoms with Crippen molar-refractivity contribution in [1.29, 1.82) is 0 Å². The summed E-state index contributed by atoms with van der Waals surface area (Å²) in [6, 6.07) is 0.614. The van der Waals surface area contributed by atoms with Crippen molar-refractivity contribution in [3.05, 3.63) is 0 Å². The maximum atomic E-state index is 9.59. The van der Waals surface area contributed by atoms with Gasteiger partial charge in [0.2, 0.25) is 0 Å². The van der Waals surface area contributed by atoms with E-state index < -0.39 is 0 Å². The number of rotatable bonds is 5. The van der Waals surface area contributed by atoms with Gasteiger partial charge in [-0.15, -0.1) is 6.42 Å². The molecule has 1 saturated heterocycles. The summed E-state index contributed by atoms with van der Waals surface area (Å²) in [6.07, 6.45) is 12.6. The van der Waals surface area contributed by atoms with E-state index >= 15 is 0 Å². The number of aliphatic hydroxyl groups excluding tert-OH is 1. The Balaban J connectivity index is 1.70. The number of piperidine rings is 1. The Morgan fingerprint density at radius 1 is 1.28 bits per heavy atom. The molecule has 0 aromatic carbocycles. The number of likely N-dealkylation sites (tertiary alicyclic amines) is 1. The van der Waals surface area contributed by atoms with Gasteiger partial charge >= 0.3 is 0 Å². The molecule has 2 N–H and O–H groups in total. The van der Waals surface area contributed by atoms with Gasteiger partial charge in [0.25, 0.3) is 0 Å². The van der Waals surface area contributed by atoms with Crippen LogP contribution in [0.15, 0.2) is 0 Å². The molecule has 0 aromatic rings. The van der Waals surface area contributed by atoms with Gasteiger partial charge < -0.3 is 10.4 Å². The van der Waals surface area contributed by atoms with Crippen LogP contribution in [0.1, 0.15) is 38.5 Å². The van der Waals surface area contributed by atoms with E-state index in [0.29, 0.717) is 12.6 Å². The lowest BCUT2D eigenvalue weighted by atomic mass is 9.86. The lowest BCUT2D eigenvalue weighted by Gasteiger charge is -2.34. The molecule has 0 spiro atoms. The van der Waals surface area contributed by atoms with Gasteiger partial charge in [-0.05, 0) is 25.7 Å². The highest BCUT2D eigenvalue weighted by molar-refractivity contribution is 4.92. The molecule has 3 heteroatoms. The number of hydrogen-bond donors (Lipinski definition) is 2. The van der Waals surface area contributed by atoms with Gasteiger partial charge in [0.1, 0.15) is 0 Å². The summed E-state index contributed by atoms with van der Waals surface area (Å²) in [7, 11) is 0. The minimum absolute atomic E-state index is 0.177. The molecule has 18 heavy (non-hydrogen) atoms. The third-order valence-electron chi connectivity index (χ3n) is 4.67. The highest BCUT2D eigenvalue weighted by Crippen LogP contribution is 2.37. The van der Waals surface area contributed by atoms with E-state index in [2.05, 4.69) is 16.1 Å². The van der Waals surface area contributed by atoms with E-state index in [4.69, 9.17) is 6.42 Å². The molecule has 2 fully saturated rings. The highest BCUT2D eigenvalue weighted by atomic mass is 16.3. The van der Waals surface area contributed by atoms with Crippen LogP contribution in [-0.2, 0) is 0 Å². The minimum atomic E-state index is 0.177. The number of hydrogen-bond acceptors (Lipinski definition) is 3. The van der Waals surface area contributed by atoms with Crippen molar-refractivity contribution in [2.45, 2.75) is 44.6 Å². The maximum absolute atomic E-state index is 9.59. The van der Waals surface area contributed by atoms with E-state index in [-0.39, 0.29) is 5.41 Å². The Labute approximate surface area is 111 Å². The molecular weight excluding hydrogens is 224 g/mol. The van der Waals surface area contributed by atoms with Crippen LogP contribution in [0.3, 0.4) is 0 Å². The highest BCUT2D eigenvalue weighted by Gasteiger charge is 2.33. The first-order chi connectivity index (χ1) is 8.78. The van der Waals surface area contributed by atoms with Crippen molar-refractivity contribution in [3.63, 3.8) is 0 Å². The van der Waals surface area contributed by atoms with Crippen molar-refractivity contribution in [2.24, 2.45) is 5.41 Å². The molecule has 0 amide bonds. The molecule has 1 heterocycles. The van der Waals surface area contributed by atoms with Crippen LogP contribution in [0.5, 0.6) is 0 Å². The summed E-state index contributed by atoms with van der Waals surface area (Å²) in [4.78, 5) is 2.34. The second-order valence-electron chi connectivity index (χ2n) is 6.00. The molecular formula is C15H26N2O.